The average molecular weight is 260 g/mol. The van der Waals surface area contributed by atoms with E-state index in [1.807, 2.05) is 12.1 Å². The summed E-state index contributed by atoms with van der Waals surface area (Å²) in [6.07, 6.45) is -0.676. The van der Waals surface area contributed by atoms with Gasteiger partial charge in [0.25, 0.3) is 5.91 Å². The highest BCUT2D eigenvalue weighted by Crippen LogP contribution is 2.30. The molecule has 1 heterocycles. The average Bonchev–Trinajstić information content (AvgIpc) is 2.44. The Morgan fingerprint density at radius 3 is 2.84 bits per heavy atom. The third-order valence-electron chi connectivity index (χ3n) is 2.81. The van der Waals surface area contributed by atoms with Crippen molar-refractivity contribution in [3.8, 4) is 17.6 Å². The van der Waals surface area contributed by atoms with Crippen LogP contribution in [0, 0.1) is 16.7 Å². The first-order valence-electron chi connectivity index (χ1n) is 6.09. The molecule has 1 aliphatic heterocycles. The Morgan fingerprint density at radius 2 is 2.16 bits per heavy atom. The maximum atomic E-state index is 11.9. The van der Waals surface area contributed by atoms with Crippen LogP contribution in [0.3, 0.4) is 0 Å². The van der Waals surface area contributed by atoms with Gasteiger partial charge in [-0.15, -0.1) is 0 Å². The summed E-state index contributed by atoms with van der Waals surface area (Å²) in [5.74, 6) is 0.940. The summed E-state index contributed by atoms with van der Waals surface area (Å²) >= 11 is 0. The summed E-state index contributed by atoms with van der Waals surface area (Å²) < 4.78 is 11.0. The molecule has 1 aromatic rings. The van der Waals surface area contributed by atoms with E-state index in [0.717, 1.165) is 0 Å². The highest BCUT2D eigenvalue weighted by Gasteiger charge is 2.28. The van der Waals surface area contributed by atoms with E-state index >= 15 is 0 Å². The molecule has 1 unspecified atom stereocenters. The van der Waals surface area contributed by atoms with Crippen LogP contribution in [0.15, 0.2) is 24.3 Å². The molecule has 0 radical (unpaired) electrons. The molecule has 19 heavy (non-hydrogen) atoms. The summed E-state index contributed by atoms with van der Waals surface area (Å²) in [6, 6.07) is 9.35. The summed E-state index contributed by atoms with van der Waals surface area (Å²) in [4.78, 5) is 11.9. The molecule has 100 valence electrons. The lowest BCUT2D eigenvalue weighted by atomic mass is 9.96. The molecule has 1 N–H and O–H groups in total. The molecule has 5 nitrogen and oxygen atoms in total. The number of carbonyl (C=O) groups is 1. The van der Waals surface area contributed by atoms with Crippen LogP contribution in [0.4, 0.5) is 0 Å². The Kier molecular flexibility index (Phi) is 3.61. The number of hydrogen-bond donors (Lipinski definition) is 1. The van der Waals surface area contributed by atoms with E-state index in [9.17, 15) is 4.79 Å². The Bertz CT molecular complexity index is 520. The largest absolute Gasteiger partial charge is 0.485 e. The SMILES string of the molecule is CC(C)(C#N)CNC(=O)C1COc2ccccc2O1. The molecule has 0 fully saturated rings. The number of rotatable bonds is 3. The highest BCUT2D eigenvalue weighted by molar-refractivity contribution is 5.81. The number of nitrogens with one attached hydrogen (secondary N) is 1. The van der Waals surface area contributed by atoms with E-state index in [-0.39, 0.29) is 19.1 Å². The molecule has 0 saturated heterocycles. The lowest BCUT2D eigenvalue weighted by Crippen LogP contribution is -2.46. The van der Waals surface area contributed by atoms with Crippen molar-refractivity contribution in [2.75, 3.05) is 13.2 Å². The summed E-state index contributed by atoms with van der Waals surface area (Å²) in [5, 5.41) is 11.6. The quantitative estimate of drug-likeness (QED) is 0.893. The van der Waals surface area contributed by atoms with Crippen LogP contribution in [0.5, 0.6) is 11.5 Å². The van der Waals surface area contributed by atoms with Crippen LogP contribution in [0.1, 0.15) is 13.8 Å². The van der Waals surface area contributed by atoms with E-state index in [2.05, 4.69) is 11.4 Å². The lowest BCUT2D eigenvalue weighted by Gasteiger charge is -2.26. The minimum Gasteiger partial charge on any atom is -0.485 e. The van der Waals surface area contributed by atoms with Gasteiger partial charge in [-0.2, -0.15) is 5.26 Å². The Labute approximate surface area is 112 Å². The fraction of sp³-hybridized carbons (Fsp3) is 0.429. The van der Waals surface area contributed by atoms with Crippen LogP contribution in [0.2, 0.25) is 0 Å². The molecular formula is C14H16N2O3. The number of nitrogens with zero attached hydrogens (tertiary/aromatic N) is 1. The number of benzene rings is 1. The summed E-state index contributed by atoms with van der Waals surface area (Å²) in [5.41, 5.74) is -0.594. The number of ether oxygens (including phenoxy) is 2. The highest BCUT2D eigenvalue weighted by atomic mass is 16.6. The van der Waals surface area contributed by atoms with Crippen molar-refractivity contribution in [3.05, 3.63) is 24.3 Å². The van der Waals surface area contributed by atoms with E-state index in [1.54, 1.807) is 26.0 Å². The van der Waals surface area contributed by atoms with Crippen molar-refractivity contribution < 1.29 is 14.3 Å². The number of fused-ring (bicyclic) bond motifs is 1. The molecule has 1 aliphatic rings. The van der Waals surface area contributed by atoms with Crippen molar-refractivity contribution >= 4 is 5.91 Å². The van der Waals surface area contributed by atoms with E-state index < -0.39 is 11.5 Å². The zero-order valence-electron chi connectivity index (χ0n) is 11.0. The molecule has 0 aliphatic carbocycles. The molecule has 0 aromatic heterocycles. The molecule has 1 amide bonds. The maximum absolute atomic E-state index is 11.9. The molecule has 0 saturated carbocycles. The molecule has 1 atom stereocenters. The summed E-state index contributed by atoms with van der Waals surface area (Å²) in [7, 11) is 0. The van der Waals surface area contributed by atoms with Crippen LogP contribution in [-0.2, 0) is 4.79 Å². The van der Waals surface area contributed by atoms with Gasteiger partial charge in [0, 0.05) is 6.54 Å². The number of para-hydroxylation sites is 2. The first-order valence-corrected chi connectivity index (χ1v) is 6.09. The fourth-order valence-corrected chi connectivity index (χ4v) is 1.61. The topological polar surface area (TPSA) is 71.4 Å². The van der Waals surface area contributed by atoms with Gasteiger partial charge in [0.05, 0.1) is 11.5 Å². The third-order valence-corrected chi connectivity index (χ3v) is 2.81. The second kappa shape index (κ2) is 5.19. The number of hydrogen-bond acceptors (Lipinski definition) is 4. The Balaban J connectivity index is 1.94. The third kappa shape index (κ3) is 3.16. The molecule has 5 heteroatoms. The van der Waals surface area contributed by atoms with Crippen LogP contribution in [-0.4, -0.2) is 25.2 Å². The zero-order chi connectivity index (χ0) is 13.9. The first-order chi connectivity index (χ1) is 9.02. The van der Waals surface area contributed by atoms with Crippen molar-refractivity contribution in [2.24, 2.45) is 5.41 Å². The smallest absolute Gasteiger partial charge is 0.264 e. The van der Waals surface area contributed by atoms with Gasteiger partial charge in [0.15, 0.2) is 11.5 Å². The second-order valence-electron chi connectivity index (χ2n) is 5.08. The van der Waals surface area contributed by atoms with Crippen LogP contribution >= 0.6 is 0 Å². The standard InChI is InChI=1S/C14H16N2O3/c1-14(2,8-15)9-16-13(17)12-7-18-10-5-3-4-6-11(10)19-12/h3-6,12H,7,9H2,1-2H3,(H,16,17). The van der Waals surface area contributed by atoms with Gasteiger partial charge in [-0.1, -0.05) is 12.1 Å². The van der Waals surface area contributed by atoms with Crippen molar-refractivity contribution in [3.63, 3.8) is 0 Å². The number of nitriles is 1. The van der Waals surface area contributed by atoms with Gasteiger partial charge in [-0.05, 0) is 26.0 Å². The van der Waals surface area contributed by atoms with E-state index in [1.165, 1.54) is 0 Å². The van der Waals surface area contributed by atoms with Crippen LogP contribution in [0.25, 0.3) is 0 Å². The predicted molar refractivity (Wildman–Crippen MR) is 68.8 cm³/mol. The Hall–Kier alpha value is -2.22. The molecule has 1 aromatic carbocycles. The van der Waals surface area contributed by atoms with Crippen LogP contribution < -0.4 is 14.8 Å². The molecular weight excluding hydrogens is 244 g/mol. The molecule has 0 spiro atoms. The van der Waals surface area contributed by atoms with Gasteiger partial charge < -0.3 is 14.8 Å². The zero-order valence-corrected chi connectivity index (χ0v) is 11.0. The normalized spacial score (nSPS) is 17.4. The van der Waals surface area contributed by atoms with Crippen molar-refractivity contribution in [1.82, 2.24) is 5.32 Å². The van der Waals surface area contributed by atoms with Gasteiger partial charge in [0.1, 0.15) is 6.61 Å². The lowest BCUT2D eigenvalue weighted by molar-refractivity contribution is -0.130. The maximum Gasteiger partial charge on any atom is 0.264 e. The van der Waals surface area contributed by atoms with Crippen molar-refractivity contribution in [2.45, 2.75) is 20.0 Å². The predicted octanol–water partition coefficient (Wildman–Crippen LogP) is 1.49. The van der Waals surface area contributed by atoms with Gasteiger partial charge in [-0.25, -0.2) is 0 Å². The fourth-order valence-electron chi connectivity index (χ4n) is 1.61. The van der Waals surface area contributed by atoms with E-state index in [0.29, 0.717) is 11.5 Å². The number of amides is 1. The minimum atomic E-state index is -0.676. The molecule has 2 rings (SSSR count). The van der Waals surface area contributed by atoms with E-state index in [4.69, 9.17) is 14.7 Å². The first kappa shape index (κ1) is 13.2. The second-order valence-corrected chi connectivity index (χ2v) is 5.08. The number of carbonyl (C=O) groups excluding carboxylic acids is 1. The van der Waals surface area contributed by atoms with Crippen molar-refractivity contribution in [1.29, 1.82) is 5.26 Å². The van der Waals surface area contributed by atoms with Gasteiger partial charge in [-0.3, -0.25) is 4.79 Å². The monoisotopic (exact) mass is 260 g/mol. The van der Waals surface area contributed by atoms with Gasteiger partial charge in [0.2, 0.25) is 6.10 Å². The van der Waals surface area contributed by atoms with Gasteiger partial charge >= 0.3 is 0 Å². The Morgan fingerprint density at radius 1 is 1.47 bits per heavy atom. The summed E-state index contributed by atoms with van der Waals surface area (Å²) in [6.45, 7) is 3.99. The minimum absolute atomic E-state index is 0.176. The molecule has 0 bridgehead atoms.